The lowest BCUT2D eigenvalue weighted by molar-refractivity contribution is -0.274. The van der Waals surface area contributed by atoms with Crippen LogP contribution in [0.2, 0.25) is 0 Å². The summed E-state index contributed by atoms with van der Waals surface area (Å²) in [4.78, 5) is 42.7. The molecule has 1 aliphatic heterocycles. The van der Waals surface area contributed by atoms with Crippen molar-refractivity contribution in [2.24, 2.45) is 0 Å². The van der Waals surface area contributed by atoms with Crippen LogP contribution in [0.5, 0.6) is 5.75 Å². The molecule has 8 nitrogen and oxygen atoms in total. The van der Waals surface area contributed by atoms with Gasteiger partial charge in [-0.15, -0.1) is 13.2 Å². The van der Waals surface area contributed by atoms with Gasteiger partial charge < -0.3 is 15.0 Å². The lowest BCUT2D eigenvalue weighted by Crippen LogP contribution is -2.32. The molecule has 2 heterocycles. The minimum Gasteiger partial charge on any atom is -0.406 e. The SMILES string of the molecule is CNC(=O)c1cc(CN2CC(=O)N(c3ccc(OC(F)(F)F)cc3)C2=O)ccn1. The molecule has 0 radical (unpaired) electrons. The highest BCUT2D eigenvalue weighted by Gasteiger charge is 2.37. The number of amides is 4. The lowest BCUT2D eigenvalue weighted by atomic mass is 10.2. The van der Waals surface area contributed by atoms with Gasteiger partial charge in [0.25, 0.3) is 11.8 Å². The summed E-state index contributed by atoms with van der Waals surface area (Å²) in [6, 6.07) is 6.90. The summed E-state index contributed by atoms with van der Waals surface area (Å²) >= 11 is 0. The fourth-order valence-electron chi connectivity index (χ4n) is 2.77. The summed E-state index contributed by atoms with van der Waals surface area (Å²) in [5, 5.41) is 2.44. The van der Waals surface area contributed by atoms with Crippen LogP contribution in [0.4, 0.5) is 23.7 Å². The molecule has 1 aromatic heterocycles. The van der Waals surface area contributed by atoms with E-state index in [0.29, 0.717) is 5.56 Å². The van der Waals surface area contributed by atoms with Gasteiger partial charge in [-0.3, -0.25) is 14.6 Å². The summed E-state index contributed by atoms with van der Waals surface area (Å²) in [5.74, 6) is -1.38. The number of rotatable bonds is 5. The Bertz CT molecular complexity index is 947. The van der Waals surface area contributed by atoms with Gasteiger partial charge in [0.15, 0.2) is 0 Å². The lowest BCUT2D eigenvalue weighted by Gasteiger charge is -2.18. The molecule has 0 bridgehead atoms. The molecule has 1 aromatic carbocycles. The summed E-state index contributed by atoms with van der Waals surface area (Å²) in [6.45, 7) is -0.153. The second-order valence-corrected chi connectivity index (χ2v) is 6.04. The van der Waals surface area contributed by atoms with E-state index in [1.165, 1.54) is 36.3 Å². The average Bonchev–Trinajstić information content (AvgIpc) is 2.94. The number of imide groups is 1. The van der Waals surface area contributed by atoms with Gasteiger partial charge in [0.2, 0.25) is 0 Å². The van der Waals surface area contributed by atoms with E-state index in [-0.39, 0.29) is 24.5 Å². The molecule has 1 N–H and O–H groups in total. The zero-order valence-corrected chi connectivity index (χ0v) is 15.1. The van der Waals surface area contributed by atoms with Crippen molar-refractivity contribution >= 4 is 23.5 Å². The largest absolute Gasteiger partial charge is 0.573 e. The number of anilines is 1. The molecule has 0 aliphatic carbocycles. The van der Waals surface area contributed by atoms with Crippen LogP contribution in [-0.4, -0.2) is 47.7 Å². The van der Waals surface area contributed by atoms with E-state index in [9.17, 15) is 27.6 Å². The Hall–Kier alpha value is -3.63. The first-order valence-corrected chi connectivity index (χ1v) is 8.32. The Kier molecular flexibility index (Phi) is 5.39. The molecule has 4 amide bonds. The molecule has 1 fully saturated rings. The van der Waals surface area contributed by atoms with Gasteiger partial charge in [-0.05, 0) is 42.0 Å². The van der Waals surface area contributed by atoms with Crippen LogP contribution >= 0.6 is 0 Å². The number of halogens is 3. The highest BCUT2D eigenvalue weighted by atomic mass is 19.4. The molecule has 0 atom stereocenters. The van der Waals surface area contributed by atoms with Gasteiger partial charge in [-0.2, -0.15) is 0 Å². The monoisotopic (exact) mass is 408 g/mol. The summed E-state index contributed by atoms with van der Waals surface area (Å²) in [7, 11) is 1.46. The fourth-order valence-corrected chi connectivity index (χ4v) is 2.77. The Morgan fingerprint density at radius 3 is 2.52 bits per heavy atom. The van der Waals surface area contributed by atoms with Crippen molar-refractivity contribution in [1.29, 1.82) is 0 Å². The van der Waals surface area contributed by atoms with Gasteiger partial charge in [-0.25, -0.2) is 9.69 Å². The summed E-state index contributed by atoms with van der Waals surface area (Å²) < 4.78 is 40.5. The number of alkyl halides is 3. The number of aromatic nitrogens is 1. The molecule has 1 aliphatic rings. The second kappa shape index (κ2) is 7.78. The van der Waals surface area contributed by atoms with E-state index in [1.807, 2.05) is 0 Å². The minimum atomic E-state index is -4.84. The van der Waals surface area contributed by atoms with E-state index in [0.717, 1.165) is 17.0 Å². The molecular weight excluding hydrogens is 393 g/mol. The maximum atomic E-state index is 12.6. The van der Waals surface area contributed by atoms with E-state index >= 15 is 0 Å². The van der Waals surface area contributed by atoms with Crippen molar-refractivity contribution in [3.63, 3.8) is 0 Å². The van der Waals surface area contributed by atoms with Crippen molar-refractivity contribution < 1.29 is 32.3 Å². The van der Waals surface area contributed by atoms with Crippen LogP contribution < -0.4 is 15.0 Å². The summed E-state index contributed by atoms with van der Waals surface area (Å²) in [5.41, 5.74) is 0.883. The topological polar surface area (TPSA) is 91.8 Å². The van der Waals surface area contributed by atoms with E-state index < -0.39 is 30.0 Å². The number of urea groups is 1. The maximum Gasteiger partial charge on any atom is 0.573 e. The molecule has 0 spiro atoms. The summed E-state index contributed by atoms with van der Waals surface area (Å²) in [6.07, 6.45) is -3.42. The van der Waals surface area contributed by atoms with Gasteiger partial charge in [0.05, 0.1) is 5.69 Å². The first-order chi connectivity index (χ1) is 13.7. The molecule has 3 rings (SSSR count). The van der Waals surface area contributed by atoms with Crippen molar-refractivity contribution in [2.45, 2.75) is 12.9 Å². The first-order valence-electron chi connectivity index (χ1n) is 8.32. The molecule has 1 saturated heterocycles. The number of hydrogen-bond acceptors (Lipinski definition) is 5. The number of ether oxygens (including phenoxy) is 1. The Balaban J connectivity index is 1.74. The molecular formula is C18H15F3N4O4. The van der Waals surface area contributed by atoms with Crippen molar-refractivity contribution in [1.82, 2.24) is 15.2 Å². The maximum absolute atomic E-state index is 12.6. The number of hydrogen-bond donors (Lipinski definition) is 1. The van der Waals surface area contributed by atoms with E-state index in [1.54, 1.807) is 6.07 Å². The van der Waals surface area contributed by atoms with Crippen LogP contribution in [0.1, 0.15) is 16.1 Å². The third kappa shape index (κ3) is 4.62. The number of nitrogens with zero attached hydrogens (tertiary/aromatic N) is 3. The normalized spacial score (nSPS) is 14.3. The first kappa shape index (κ1) is 20.1. The Morgan fingerprint density at radius 1 is 1.21 bits per heavy atom. The standard InChI is InChI=1S/C18H15F3N4O4/c1-22-16(27)14-8-11(6-7-23-14)9-24-10-15(26)25(17(24)28)12-2-4-13(5-3-12)29-18(19,20)21/h2-8H,9-10H2,1H3,(H,22,27). The highest BCUT2D eigenvalue weighted by Crippen LogP contribution is 2.28. The van der Waals surface area contributed by atoms with Gasteiger partial charge in [0, 0.05) is 19.8 Å². The van der Waals surface area contributed by atoms with Gasteiger partial charge in [-0.1, -0.05) is 0 Å². The van der Waals surface area contributed by atoms with Gasteiger partial charge in [0.1, 0.15) is 18.0 Å². The highest BCUT2D eigenvalue weighted by molar-refractivity contribution is 6.19. The van der Waals surface area contributed by atoms with Crippen LogP contribution in [-0.2, 0) is 11.3 Å². The average molecular weight is 408 g/mol. The smallest absolute Gasteiger partial charge is 0.406 e. The number of pyridine rings is 1. The second-order valence-electron chi connectivity index (χ2n) is 6.04. The zero-order valence-electron chi connectivity index (χ0n) is 15.1. The van der Waals surface area contributed by atoms with Gasteiger partial charge >= 0.3 is 12.4 Å². The number of benzene rings is 1. The van der Waals surface area contributed by atoms with Crippen LogP contribution in [0, 0.1) is 0 Å². The molecule has 11 heteroatoms. The predicted octanol–water partition coefficient (Wildman–Crippen LogP) is 2.31. The van der Waals surface area contributed by atoms with Crippen molar-refractivity contribution in [2.75, 3.05) is 18.5 Å². The molecule has 0 saturated carbocycles. The van der Waals surface area contributed by atoms with E-state index in [2.05, 4.69) is 15.0 Å². The quantitative estimate of drug-likeness (QED) is 0.767. The van der Waals surface area contributed by atoms with Crippen LogP contribution in [0.15, 0.2) is 42.6 Å². The minimum absolute atomic E-state index is 0.0584. The fraction of sp³-hybridized carbons (Fsp3) is 0.222. The molecule has 152 valence electrons. The molecule has 2 aromatic rings. The van der Waals surface area contributed by atoms with Crippen LogP contribution in [0.3, 0.4) is 0 Å². The van der Waals surface area contributed by atoms with Crippen LogP contribution in [0.25, 0.3) is 0 Å². The third-order valence-electron chi connectivity index (χ3n) is 4.02. The number of carbonyl (C=O) groups is 3. The molecule has 29 heavy (non-hydrogen) atoms. The third-order valence-corrected chi connectivity index (χ3v) is 4.02. The Labute approximate surface area is 162 Å². The van der Waals surface area contributed by atoms with Crippen molar-refractivity contribution in [3.8, 4) is 5.75 Å². The molecule has 0 unspecified atom stereocenters. The predicted molar refractivity (Wildman–Crippen MR) is 94.0 cm³/mol. The number of carbonyl (C=O) groups excluding carboxylic acids is 3. The Morgan fingerprint density at radius 2 is 1.90 bits per heavy atom. The van der Waals surface area contributed by atoms with E-state index in [4.69, 9.17) is 0 Å². The number of nitrogens with one attached hydrogen (secondary N) is 1. The zero-order chi connectivity index (χ0) is 21.2. The van der Waals surface area contributed by atoms with Crippen molar-refractivity contribution in [3.05, 3.63) is 53.9 Å².